The van der Waals surface area contributed by atoms with Crippen LogP contribution in [0.4, 0.5) is 15.6 Å². The van der Waals surface area contributed by atoms with E-state index in [0.29, 0.717) is 35.3 Å². The summed E-state index contributed by atoms with van der Waals surface area (Å²) in [5, 5.41) is 5.81. The van der Waals surface area contributed by atoms with E-state index in [-0.39, 0.29) is 6.54 Å². The lowest BCUT2D eigenvalue weighted by Crippen LogP contribution is -2.42. The van der Waals surface area contributed by atoms with Crippen molar-refractivity contribution < 1.29 is 22.7 Å². The second-order valence-corrected chi connectivity index (χ2v) is 9.61. The summed E-state index contributed by atoms with van der Waals surface area (Å²) in [6.07, 6.45) is 0.492. The molecule has 0 saturated heterocycles. The molecule has 3 rings (SSSR count). The molecule has 0 bridgehead atoms. The molecule has 1 aliphatic rings. The molecular formula is C17H23N5O5S2. The fraction of sp³-hybridized carbons (Fsp3) is 0.412. The van der Waals surface area contributed by atoms with Crippen LogP contribution in [-0.2, 0) is 23.2 Å². The number of anilines is 2. The van der Waals surface area contributed by atoms with Gasteiger partial charge in [-0.3, -0.25) is 5.32 Å². The largest absolute Gasteiger partial charge is 0.493 e. The zero-order valence-electron chi connectivity index (χ0n) is 16.6. The minimum absolute atomic E-state index is 0.237. The highest BCUT2D eigenvalue weighted by molar-refractivity contribution is 7.86. The number of hydrogen-bond donors (Lipinski definition) is 2. The van der Waals surface area contributed by atoms with Gasteiger partial charge in [0, 0.05) is 31.9 Å². The summed E-state index contributed by atoms with van der Waals surface area (Å²) in [5.41, 5.74) is 1.25. The van der Waals surface area contributed by atoms with E-state index < -0.39 is 16.2 Å². The van der Waals surface area contributed by atoms with Crippen molar-refractivity contribution in [2.75, 3.05) is 45.5 Å². The first-order valence-electron chi connectivity index (χ1n) is 8.71. The number of nitrogens with one attached hydrogen (secondary N) is 2. The predicted molar refractivity (Wildman–Crippen MR) is 111 cm³/mol. The van der Waals surface area contributed by atoms with E-state index in [1.807, 2.05) is 0 Å². The zero-order chi connectivity index (χ0) is 21.2. The summed E-state index contributed by atoms with van der Waals surface area (Å²) in [6, 6.07) is 4.67. The van der Waals surface area contributed by atoms with Gasteiger partial charge in [0.25, 0.3) is 10.2 Å². The van der Waals surface area contributed by atoms with Gasteiger partial charge in [0.1, 0.15) is 0 Å². The zero-order valence-corrected chi connectivity index (χ0v) is 18.2. The average molecular weight is 442 g/mol. The number of urea groups is 1. The van der Waals surface area contributed by atoms with Crippen LogP contribution < -0.4 is 20.1 Å². The molecule has 0 radical (unpaired) electrons. The van der Waals surface area contributed by atoms with Crippen LogP contribution in [-0.4, -0.2) is 62.9 Å². The van der Waals surface area contributed by atoms with Gasteiger partial charge in [-0.1, -0.05) is 17.4 Å². The Morgan fingerprint density at radius 2 is 2.00 bits per heavy atom. The molecule has 0 spiro atoms. The molecule has 12 heteroatoms. The summed E-state index contributed by atoms with van der Waals surface area (Å²) in [6.45, 7) is 0.588. The number of thiazole rings is 1. The fourth-order valence-electron chi connectivity index (χ4n) is 2.89. The lowest BCUT2D eigenvalue weighted by molar-refractivity contribution is 0.262. The topological polar surface area (TPSA) is 113 Å². The number of amides is 2. The monoisotopic (exact) mass is 441 g/mol. The molecule has 2 N–H and O–H groups in total. The number of carbonyl (C=O) groups is 1. The van der Waals surface area contributed by atoms with Gasteiger partial charge in [0.05, 0.1) is 32.1 Å². The maximum atomic E-state index is 12.4. The van der Waals surface area contributed by atoms with Gasteiger partial charge in [-0.15, -0.1) is 0 Å². The Balaban J connectivity index is 1.71. The van der Waals surface area contributed by atoms with E-state index >= 15 is 0 Å². The lowest BCUT2D eigenvalue weighted by atomic mass is 10.2. The van der Waals surface area contributed by atoms with Gasteiger partial charge in [-0.25, -0.2) is 9.78 Å². The molecule has 0 fully saturated rings. The Bertz CT molecular complexity index is 1010. The Labute approximate surface area is 173 Å². The smallest absolute Gasteiger partial charge is 0.325 e. The Kier molecular flexibility index (Phi) is 6.27. The standard InChI is InChI=1S/C17H23N5O5S2/c1-21(2)29(24,25)22-9-8-11-14(10-22)28-17(19-11)20-16(23)18-12-6-5-7-13(26-3)15(12)27-4/h5-7H,8-10H2,1-4H3,(H2,18,19,20,23). The summed E-state index contributed by atoms with van der Waals surface area (Å²) >= 11 is 1.26. The normalized spacial score (nSPS) is 14.4. The Morgan fingerprint density at radius 1 is 1.24 bits per heavy atom. The number of fused-ring (bicyclic) bond motifs is 1. The van der Waals surface area contributed by atoms with Crippen LogP contribution in [0.15, 0.2) is 18.2 Å². The first-order valence-corrected chi connectivity index (χ1v) is 10.9. The van der Waals surface area contributed by atoms with Gasteiger partial charge >= 0.3 is 6.03 Å². The third-order valence-electron chi connectivity index (χ3n) is 4.36. The van der Waals surface area contributed by atoms with Gasteiger partial charge in [0.2, 0.25) is 0 Å². The summed E-state index contributed by atoms with van der Waals surface area (Å²) in [4.78, 5) is 17.7. The van der Waals surface area contributed by atoms with Crippen molar-refractivity contribution in [2.24, 2.45) is 0 Å². The van der Waals surface area contributed by atoms with Crippen molar-refractivity contribution in [1.82, 2.24) is 13.6 Å². The van der Waals surface area contributed by atoms with Crippen LogP contribution in [0.2, 0.25) is 0 Å². The lowest BCUT2D eigenvalue weighted by Gasteiger charge is -2.27. The molecule has 29 heavy (non-hydrogen) atoms. The fourth-order valence-corrected chi connectivity index (χ4v) is 5.07. The number of para-hydroxylation sites is 1. The van der Waals surface area contributed by atoms with Crippen LogP contribution in [0.5, 0.6) is 11.5 Å². The molecule has 10 nitrogen and oxygen atoms in total. The third kappa shape index (κ3) is 4.45. The molecule has 2 aromatic rings. The number of aromatic nitrogens is 1. The van der Waals surface area contributed by atoms with Gasteiger partial charge < -0.3 is 14.8 Å². The maximum Gasteiger partial charge on any atom is 0.325 e. The van der Waals surface area contributed by atoms with E-state index in [0.717, 1.165) is 10.6 Å². The van der Waals surface area contributed by atoms with Crippen molar-refractivity contribution >= 4 is 38.4 Å². The van der Waals surface area contributed by atoms with Crippen LogP contribution in [0.25, 0.3) is 0 Å². The minimum atomic E-state index is -3.49. The van der Waals surface area contributed by atoms with Gasteiger partial charge in [-0.2, -0.15) is 17.0 Å². The summed E-state index contributed by atoms with van der Waals surface area (Å²) in [5.74, 6) is 0.908. The van der Waals surface area contributed by atoms with Crippen molar-refractivity contribution in [1.29, 1.82) is 0 Å². The number of hydrogen-bond acceptors (Lipinski definition) is 7. The number of rotatable bonds is 6. The average Bonchev–Trinajstić information content (AvgIpc) is 3.08. The molecule has 0 unspecified atom stereocenters. The third-order valence-corrected chi connectivity index (χ3v) is 7.24. The van der Waals surface area contributed by atoms with E-state index in [2.05, 4.69) is 15.6 Å². The van der Waals surface area contributed by atoms with Crippen LogP contribution in [0.3, 0.4) is 0 Å². The molecule has 158 valence electrons. The molecule has 0 atom stereocenters. The molecule has 2 heterocycles. The highest BCUT2D eigenvalue weighted by Crippen LogP contribution is 2.35. The molecule has 2 amide bonds. The Morgan fingerprint density at radius 3 is 2.66 bits per heavy atom. The van der Waals surface area contributed by atoms with Crippen LogP contribution in [0, 0.1) is 0 Å². The van der Waals surface area contributed by atoms with Crippen LogP contribution in [0.1, 0.15) is 10.6 Å². The molecule has 1 aliphatic heterocycles. The summed E-state index contributed by atoms with van der Waals surface area (Å²) < 4.78 is 37.8. The molecule has 1 aromatic heterocycles. The SMILES string of the molecule is COc1cccc(NC(=O)Nc2nc3c(s2)CN(S(=O)(=O)N(C)C)CC3)c1OC. The summed E-state index contributed by atoms with van der Waals surface area (Å²) in [7, 11) is 2.52. The van der Waals surface area contributed by atoms with E-state index in [1.54, 1.807) is 18.2 Å². The van der Waals surface area contributed by atoms with Crippen molar-refractivity contribution in [2.45, 2.75) is 13.0 Å². The second-order valence-electron chi connectivity index (χ2n) is 6.38. The second kappa shape index (κ2) is 8.53. The first kappa shape index (κ1) is 21.3. The number of carbonyl (C=O) groups excluding carboxylic acids is 1. The van der Waals surface area contributed by atoms with Crippen LogP contribution >= 0.6 is 11.3 Å². The van der Waals surface area contributed by atoms with E-state index in [4.69, 9.17) is 9.47 Å². The first-order chi connectivity index (χ1) is 13.8. The van der Waals surface area contributed by atoms with E-state index in [9.17, 15) is 13.2 Å². The molecule has 1 aromatic carbocycles. The van der Waals surface area contributed by atoms with Crippen molar-refractivity contribution in [3.05, 3.63) is 28.8 Å². The van der Waals surface area contributed by atoms with Gasteiger partial charge in [-0.05, 0) is 12.1 Å². The minimum Gasteiger partial charge on any atom is -0.493 e. The molecule has 0 aliphatic carbocycles. The number of ether oxygens (including phenoxy) is 2. The highest BCUT2D eigenvalue weighted by atomic mass is 32.2. The number of methoxy groups -OCH3 is 2. The quantitative estimate of drug-likeness (QED) is 0.709. The number of benzene rings is 1. The molecular weight excluding hydrogens is 418 g/mol. The highest BCUT2D eigenvalue weighted by Gasteiger charge is 2.30. The van der Waals surface area contributed by atoms with Crippen molar-refractivity contribution in [3.63, 3.8) is 0 Å². The Hall–Kier alpha value is -2.41. The predicted octanol–water partition coefficient (Wildman–Crippen LogP) is 1.97. The van der Waals surface area contributed by atoms with E-state index in [1.165, 1.54) is 48.3 Å². The number of nitrogens with zero attached hydrogens (tertiary/aromatic N) is 3. The van der Waals surface area contributed by atoms with Gasteiger partial charge in [0.15, 0.2) is 16.6 Å². The van der Waals surface area contributed by atoms with Crippen molar-refractivity contribution in [3.8, 4) is 11.5 Å². The molecule has 0 saturated carbocycles. The maximum absolute atomic E-state index is 12.4.